The molecule has 0 unspecified atom stereocenters. The van der Waals surface area contributed by atoms with E-state index in [1.54, 1.807) is 6.07 Å². The minimum Gasteiger partial charge on any atom is -0.388 e. The molecule has 0 aliphatic carbocycles. The monoisotopic (exact) mass is 249 g/mol. The predicted octanol–water partition coefficient (Wildman–Crippen LogP) is 0.903. The molecule has 98 valence electrons. The Morgan fingerprint density at radius 3 is 2.39 bits per heavy atom. The van der Waals surface area contributed by atoms with Gasteiger partial charge in [-0.15, -0.1) is 0 Å². The molecule has 18 heavy (non-hydrogen) atoms. The van der Waals surface area contributed by atoms with E-state index in [-0.39, 0.29) is 11.8 Å². The summed E-state index contributed by atoms with van der Waals surface area (Å²) >= 11 is 0. The van der Waals surface area contributed by atoms with Gasteiger partial charge in [-0.2, -0.15) is 0 Å². The molecule has 3 N–H and O–H groups in total. The Bertz CT molecular complexity index is 444. The molecule has 0 aromatic heterocycles. The lowest BCUT2D eigenvalue weighted by Crippen LogP contribution is -2.33. The van der Waals surface area contributed by atoms with E-state index >= 15 is 0 Å². The van der Waals surface area contributed by atoms with Gasteiger partial charge in [0.05, 0.1) is 0 Å². The largest absolute Gasteiger partial charge is 0.388 e. The molecule has 0 aliphatic heterocycles. The molecule has 0 saturated carbocycles. The Morgan fingerprint density at radius 1 is 1.17 bits per heavy atom. The Balaban J connectivity index is 2.54. The van der Waals surface area contributed by atoms with Crippen molar-refractivity contribution in [3.05, 3.63) is 29.3 Å². The van der Waals surface area contributed by atoms with Crippen LogP contribution in [0.3, 0.4) is 0 Å². The highest BCUT2D eigenvalue weighted by atomic mass is 16.2. The average Bonchev–Trinajstić information content (AvgIpc) is 2.33. The van der Waals surface area contributed by atoms with Gasteiger partial charge in [0, 0.05) is 38.3 Å². The van der Waals surface area contributed by atoms with Crippen molar-refractivity contribution in [2.45, 2.75) is 13.8 Å². The van der Waals surface area contributed by atoms with E-state index in [9.17, 15) is 9.59 Å². The van der Waals surface area contributed by atoms with Gasteiger partial charge in [-0.05, 0) is 30.7 Å². The zero-order chi connectivity index (χ0) is 13.5. The second-order valence-corrected chi connectivity index (χ2v) is 4.02. The molecule has 1 rings (SSSR count). The summed E-state index contributed by atoms with van der Waals surface area (Å²) in [6.07, 6.45) is 0. The molecule has 5 heteroatoms. The van der Waals surface area contributed by atoms with Crippen molar-refractivity contribution in [2.24, 2.45) is 0 Å². The van der Waals surface area contributed by atoms with Crippen LogP contribution in [0.25, 0.3) is 0 Å². The van der Waals surface area contributed by atoms with E-state index in [0.717, 1.165) is 11.3 Å². The normalized spacial score (nSPS) is 9.72. The SMILES string of the molecule is CNc1ccc(C(=O)NCCNC(C)=O)c(C)c1. The van der Waals surface area contributed by atoms with Crippen molar-refractivity contribution in [3.63, 3.8) is 0 Å². The fraction of sp³-hybridized carbons (Fsp3) is 0.385. The molecular weight excluding hydrogens is 230 g/mol. The maximum absolute atomic E-state index is 11.9. The van der Waals surface area contributed by atoms with Crippen LogP contribution in [0.5, 0.6) is 0 Å². The molecule has 0 radical (unpaired) electrons. The Morgan fingerprint density at radius 2 is 1.83 bits per heavy atom. The summed E-state index contributed by atoms with van der Waals surface area (Å²) in [4.78, 5) is 22.5. The first kappa shape index (κ1) is 14.0. The molecule has 1 aromatic carbocycles. The quantitative estimate of drug-likeness (QED) is 0.679. The van der Waals surface area contributed by atoms with E-state index in [1.807, 2.05) is 26.1 Å². The van der Waals surface area contributed by atoms with Crippen LogP contribution in [-0.2, 0) is 4.79 Å². The van der Waals surface area contributed by atoms with Gasteiger partial charge in [-0.25, -0.2) is 0 Å². The van der Waals surface area contributed by atoms with Crippen molar-refractivity contribution >= 4 is 17.5 Å². The first-order valence-electron chi connectivity index (χ1n) is 5.85. The lowest BCUT2D eigenvalue weighted by Gasteiger charge is -2.09. The number of anilines is 1. The van der Waals surface area contributed by atoms with E-state index in [1.165, 1.54) is 6.92 Å². The average molecular weight is 249 g/mol. The number of hydrogen-bond acceptors (Lipinski definition) is 3. The highest BCUT2D eigenvalue weighted by molar-refractivity contribution is 5.96. The molecule has 0 fully saturated rings. The first-order chi connectivity index (χ1) is 8.54. The van der Waals surface area contributed by atoms with Gasteiger partial charge in [0.25, 0.3) is 5.91 Å². The maximum atomic E-state index is 11.9. The number of aryl methyl sites for hydroxylation is 1. The Hall–Kier alpha value is -2.04. The predicted molar refractivity (Wildman–Crippen MR) is 71.7 cm³/mol. The van der Waals surface area contributed by atoms with Crippen molar-refractivity contribution in [1.82, 2.24) is 10.6 Å². The van der Waals surface area contributed by atoms with Gasteiger partial charge < -0.3 is 16.0 Å². The lowest BCUT2D eigenvalue weighted by atomic mass is 10.1. The fourth-order valence-corrected chi connectivity index (χ4v) is 1.58. The minimum absolute atomic E-state index is 0.0983. The number of carbonyl (C=O) groups excluding carboxylic acids is 2. The summed E-state index contributed by atoms with van der Waals surface area (Å²) in [7, 11) is 1.84. The first-order valence-corrected chi connectivity index (χ1v) is 5.85. The van der Waals surface area contributed by atoms with E-state index in [0.29, 0.717) is 18.7 Å². The molecule has 0 atom stereocenters. The van der Waals surface area contributed by atoms with E-state index in [2.05, 4.69) is 16.0 Å². The highest BCUT2D eigenvalue weighted by Crippen LogP contribution is 2.14. The summed E-state index contributed by atoms with van der Waals surface area (Å²) in [5, 5.41) is 8.40. The second-order valence-electron chi connectivity index (χ2n) is 4.02. The molecule has 1 aromatic rings. The summed E-state index contributed by atoms with van der Waals surface area (Å²) in [5.41, 5.74) is 2.54. The summed E-state index contributed by atoms with van der Waals surface area (Å²) < 4.78 is 0. The van der Waals surface area contributed by atoms with Crippen LogP contribution in [0, 0.1) is 6.92 Å². The van der Waals surface area contributed by atoms with Crippen molar-refractivity contribution in [3.8, 4) is 0 Å². The summed E-state index contributed by atoms with van der Waals surface area (Å²) in [6, 6.07) is 5.56. The van der Waals surface area contributed by atoms with Crippen LogP contribution in [0.15, 0.2) is 18.2 Å². The van der Waals surface area contributed by atoms with Crippen LogP contribution < -0.4 is 16.0 Å². The standard InChI is InChI=1S/C13H19N3O2/c1-9-8-11(14-3)4-5-12(9)13(18)16-7-6-15-10(2)17/h4-5,8,14H,6-7H2,1-3H3,(H,15,17)(H,16,18). The number of nitrogens with one attached hydrogen (secondary N) is 3. The van der Waals surface area contributed by atoms with Gasteiger partial charge in [-0.1, -0.05) is 0 Å². The molecule has 0 bridgehead atoms. The zero-order valence-corrected chi connectivity index (χ0v) is 11.0. The third-order valence-corrected chi connectivity index (χ3v) is 2.54. The Labute approximate surface area is 107 Å². The third-order valence-electron chi connectivity index (χ3n) is 2.54. The minimum atomic E-state index is -0.125. The smallest absolute Gasteiger partial charge is 0.251 e. The second kappa shape index (κ2) is 6.64. The van der Waals surface area contributed by atoms with Crippen LogP contribution >= 0.6 is 0 Å². The summed E-state index contributed by atoms with van der Waals surface area (Å²) in [5.74, 6) is -0.223. The molecule has 5 nitrogen and oxygen atoms in total. The molecule has 0 aliphatic rings. The van der Waals surface area contributed by atoms with E-state index in [4.69, 9.17) is 0 Å². The van der Waals surface area contributed by atoms with Crippen molar-refractivity contribution in [1.29, 1.82) is 0 Å². The lowest BCUT2D eigenvalue weighted by molar-refractivity contribution is -0.118. The van der Waals surface area contributed by atoms with Crippen LogP contribution in [0.2, 0.25) is 0 Å². The van der Waals surface area contributed by atoms with Crippen LogP contribution in [0.4, 0.5) is 5.69 Å². The topological polar surface area (TPSA) is 70.2 Å². The number of amides is 2. The van der Waals surface area contributed by atoms with Gasteiger partial charge in [0.1, 0.15) is 0 Å². The van der Waals surface area contributed by atoms with Gasteiger partial charge in [-0.3, -0.25) is 9.59 Å². The third kappa shape index (κ3) is 4.08. The Kier molecular flexibility index (Phi) is 5.17. The number of carbonyl (C=O) groups is 2. The molecular formula is C13H19N3O2. The van der Waals surface area contributed by atoms with Crippen molar-refractivity contribution < 1.29 is 9.59 Å². The number of rotatable bonds is 5. The number of hydrogen-bond donors (Lipinski definition) is 3. The number of benzene rings is 1. The zero-order valence-electron chi connectivity index (χ0n) is 11.0. The summed E-state index contributed by atoms with van der Waals surface area (Å²) in [6.45, 7) is 4.20. The van der Waals surface area contributed by atoms with Gasteiger partial charge in [0.15, 0.2) is 0 Å². The molecule has 0 saturated heterocycles. The maximum Gasteiger partial charge on any atom is 0.251 e. The van der Waals surface area contributed by atoms with Gasteiger partial charge in [0.2, 0.25) is 5.91 Å². The molecule has 0 spiro atoms. The van der Waals surface area contributed by atoms with E-state index < -0.39 is 0 Å². The highest BCUT2D eigenvalue weighted by Gasteiger charge is 2.08. The fourth-order valence-electron chi connectivity index (χ4n) is 1.58. The van der Waals surface area contributed by atoms with Crippen LogP contribution in [-0.4, -0.2) is 32.0 Å². The van der Waals surface area contributed by atoms with Crippen LogP contribution in [0.1, 0.15) is 22.8 Å². The molecule has 2 amide bonds. The van der Waals surface area contributed by atoms with Crippen molar-refractivity contribution in [2.75, 3.05) is 25.5 Å². The molecule has 0 heterocycles. The van der Waals surface area contributed by atoms with Gasteiger partial charge >= 0.3 is 0 Å².